The van der Waals surface area contributed by atoms with Crippen molar-refractivity contribution in [3.8, 4) is 6.07 Å². The fourth-order valence-electron chi connectivity index (χ4n) is 4.43. The van der Waals surface area contributed by atoms with Gasteiger partial charge < -0.3 is 11.1 Å². The van der Waals surface area contributed by atoms with Crippen LogP contribution in [0.15, 0.2) is 83.2 Å². The van der Waals surface area contributed by atoms with Crippen molar-refractivity contribution in [3.63, 3.8) is 0 Å². The summed E-state index contributed by atoms with van der Waals surface area (Å²) in [5.41, 5.74) is 9.75. The minimum atomic E-state index is -0.849. The Hall–Kier alpha value is -4.74. The third-order valence-corrected chi connectivity index (χ3v) is 7.53. The maximum absolute atomic E-state index is 14.5. The van der Waals surface area contributed by atoms with Crippen LogP contribution in [0.2, 0.25) is 0 Å². The first kappa shape index (κ1) is 24.9. The number of aromatic nitrogens is 1. The van der Waals surface area contributed by atoms with Crippen LogP contribution in [-0.2, 0) is 4.79 Å². The summed E-state index contributed by atoms with van der Waals surface area (Å²) in [5.74, 6) is -2.10. The molecule has 2 heterocycles. The molecule has 0 saturated carbocycles. The highest BCUT2D eigenvalue weighted by Crippen LogP contribution is 2.36. The molecule has 6 nitrogen and oxygen atoms in total. The van der Waals surface area contributed by atoms with Gasteiger partial charge in [0.2, 0.25) is 0 Å². The van der Waals surface area contributed by atoms with E-state index in [0.29, 0.717) is 14.8 Å². The Balaban J connectivity index is 1.81. The van der Waals surface area contributed by atoms with E-state index in [9.17, 15) is 19.2 Å². The quantitative estimate of drug-likeness (QED) is 0.427. The number of amides is 1. The maximum atomic E-state index is 14.5. The molecule has 1 aromatic heterocycles. The van der Waals surface area contributed by atoms with Gasteiger partial charge >= 0.3 is 0 Å². The summed E-state index contributed by atoms with van der Waals surface area (Å²) < 4.78 is 16.3. The molecule has 1 atom stereocenters. The van der Waals surface area contributed by atoms with Crippen LogP contribution in [-0.4, -0.2) is 10.5 Å². The molecule has 5 rings (SSSR count). The number of thiazole rings is 1. The van der Waals surface area contributed by atoms with Gasteiger partial charge in [0, 0.05) is 0 Å². The van der Waals surface area contributed by atoms with E-state index in [-0.39, 0.29) is 22.7 Å². The molecule has 38 heavy (non-hydrogen) atoms. The number of nitrogens with two attached hydrogens (primary N) is 1. The third-order valence-electron chi connectivity index (χ3n) is 6.42. The molecule has 0 spiro atoms. The molecule has 1 aliphatic rings. The van der Waals surface area contributed by atoms with E-state index in [2.05, 4.69) is 11.4 Å². The molecule has 188 valence electrons. The summed E-state index contributed by atoms with van der Waals surface area (Å²) in [6.45, 7) is 3.90. The number of hydrogen-bond acceptors (Lipinski definition) is 5. The number of halogens is 1. The first-order chi connectivity index (χ1) is 18.3. The van der Waals surface area contributed by atoms with Crippen LogP contribution in [0.4, 0.5) is 10.1 Å². The average Bonchev–Trinajstić information content (AvgIpc) is 3.22. The van der Waals surface area contributed by atoms with E-state index in [4.69, 9.17) is 5.73 Å². The first-order valence-electron chi connectivity index (χ1n) is 11.9. The van der Waals surface area contributed by atoms with Gasteiger partial charge in [-0.3, -0.25) is 14.2 Å². The molecular weight excluding hydrogens is 499 g/mol. The number of carbonyl (C=O) groups excluding carboxylic acids is 1. The molecule has 0 fully saturated rings. The van der Waals surface area contributed by atoms with Crippen molar-refractivity contribution < 1.29 is 9.18 Å². The molecule has 3 N–H and O–H groups in total. The highest BCUT2D eigenvalue weighted by atomic mass is 32.1. The van der Waals surface area contributed by atoms with Crippen LogP contribution in [0.1, 0.15) is 28.2 Å². The number of rotatable bonds is 4. The molecule has 0 aliphatic carbocycles. The van der Waals surface area contributed by atoms with Crippen molar-refractivity contribution in [2.24, 2.45) is 5.73 Å². The lowest BCUT2D eigenvalue weighted by Crippen LogP contribution is -2.40. The number of carbonyl (C=O) groups is 1. The number of benzene rings is 3. The molecule has 3 aromatic carbocycles. The van der Waals surface area contributed by atoms with Crippen LogP contribution in [0.25, 0.3) is 17.5 Å². The molecule has 1 unspecified atom stereocenters. The maximum Gasteiger partial charge on any atom is 0.274 e. The minimum absolute atomic E-state index is 0.00872. The molecule has 8 heteroatoms. The van der Waals surface area contributed by atoms with Gasteiger partial charge in [0.05, 0.1) is 33.4 Å². The van der Waals surface area contributed by atoms with Crippen LogP contribution in [0.5, 0.6) is 0 Å². The second-order valence-corrected chi connectivity index (χ2v) is 10.1. The van der Waals surface area contributed by atoms with E-state index in [1.165, 1.54) is 22.8 Å². The Morgan fingerprint density at radius 1 is 1.05 bits per heavy atom. The molecule has 0 bridgehead atoms. The highest BCUT2D eigenvalue weighted by molar-refractivity contribution is 7.07. The van der Waals surface area contributed by atoms with Crippen LogP contribution in [0.3, 0.4) is 0 Å². The Morgan fingerprint density at radius 3 is 2.32 bits per heavy atom. The van der Waals surface area contributed by atoms with Crippen molar-refractivity contribution in [2.75, 3.05) is 5.32 Å². The summed E-state index contributed by atoms with van der Waals surface area (Å²) in [6.07, 6.45) is 1.73. The fraction of sp³-hybridized carbons (Fsp3) is 0.100. The SMILES string of the molecule is Cc1ccc(/C=c2\sc3n(c2=O)C(N)=C(C#N)C(c2ccc(C)cc2)C=3C(=O)Nc2ccccc2F)cc1. The summed E-state index contributed by atoms with van der Waals surface area (Å²) >= 11 is 1.11. The largest absolute Gasteiger partial charge is 0.384 e. The highest BCUT2D eigenvalue weighted by Gasteiger charge is 2.35. The number of anilines is 1. The Labute approximate surface area is 222 Å². The normalized spacial score (nSPS) is 15.3. The van der Waals surface area contributed by atoms with Gasteiger partial charge in [-0.2, -0.15) is 5.26 Å². The van der Waals surface area contributed by atoms with E-state index in [1.807, 2.05) is 62.4 Å². The van der Waals surface area contributed by atoms with E-state index >= 15 is 0 Å². The van der Waals surface area contributed by atoms with Gasteiger partial charge in [0.15, 0.2) is 0 Å². The summed E-state index contributed by atoms with van der Waals surface area (Å²) in [4.78, 5) is 27.3. The second-order valence-electron chi connectivity index (χ2n) is 9.07. The van der Waals surface area contributed by atoms with Crippen molar-refractivity contribution >= 4 is 40.4 Å². The number of nitrogens with one attached hydrogen (secondary N) is 1. The summed E-state index contributed by atoms with van der Waals surface area (Å²) in [6, 6.07) is 23.0. The number of hydrogen-bond donors (Lipinski definition) is 2. The number of nitrogens with zero attached hydrogens (tertiary/aromatic N) is 2. The van der Waals surface area contributed by atoms with Gasteiger partial charge in [-0.05, 0) is 43.2 Å². The van der Waals surface area contributed by atoms with Crippen LogP contribution in [0, 0.1) is 31.0 Å². The Morgan fingerprint density at radius 2 is 1.68 bits per heavy atom. The van der Waals surface area contributed by atoms with Crippen LogP contribution >= 0.6 is 11.3 Å². The topological polar surface area (TPSA) is 101 Å². The van der Waals surface area contributed by atoms with Crippen molar-refractivity contribution in [1.82, 2.24) is 4.57 Å². The Bertz CT molecular complexity index is 1830. The van der Waals surface area contributed by atoms with E-state index in [1.54, 1.807) is 12.1 Å². The smallest absolute Gasteiger partial charge is 0.274 e. The zero-order valence-corrected chi connectivity index (χ0v) is 21.5. The van der Waals surface area contributed by atoms with E-state index < -0.39 is 23.2 Å². The zero-order valence-electron chi connectivity index (χ0n) is 20.7. The summed E-state index contributed by atoms with van der Waals surface area (Å²) in [5, 5.41) is 12.8. The monoisotopic (exact) mass is 522 g/mol. The number of allylic oxidation sites excluding steroid dienone is 1. The van der Waals surface area contributed by atoms with Crippen molar-refractivity contribution in [1.29, 1.82) is 5.26 Å². The first-order valence-corrected chi connectivity index (χ1v) is 12.7. The molecule has 1 aliphatic heterocycles. The predicted octanol–water partition coefficient (Wildman–Crippen LogP) is 3.73. The van der Waals surface area contributed by atoms with E-state index in [0.717, 1.165) is 28.0 Å². The minimum Gasteiger partial charge on any atom is -0.384 e. The number of fused-ring (bicyclic) bond motifs is 1. The fourth-order valence-corrected chi connectivity index (χ4v) is 5.60. The lowest BCUT2D eigenvalue weighted by Gasteiger charge is -2.25. The number of nitriles is 1. The zero-order chi connectivity index (χ0) is 27.0. The third kappa shape index (κ3) is 4.44. The average molecular weight is 523 g/mol. The lowest BCUT2D eigenvalue weighted by atomic mass is 9.83. The van der Waals surface area contributed by atoms with Gasteiger partial charge in [-0.1, -0.05) is 71.8 Å². The molecule has 1 amide bonds. The van der Waals surface area contributed by atoms with Gasteiger partial charge in [0.25, 0.3) is 11.5 Å². The van der Waals surface area contributed by atoms with Crippen LogP contribution < -0.4 is 25.8 Å². The number of aryl methyl sites for hydroxylation is 2. The van der Waals surface area contributed by atoms with Gasteiger partial charge in [-0.25, -0.2) is 4.39 Å². The predicted molar refractivity (Wildman–Crippen MR) is 148 cm³/mol. The molecule has 4 aromatic rings. The molecule has 0 radical (unpaired) electrons. The molecule has 0 saturated heterocycles. The van der Waals surface area contributed by atoms with Gasteiger partial charge in [-0.15, -0.1) is 11.3 Å². The second kappa shape index (κ2) is 9.96. The van der Waals surface area contributed by atoms with Crippen molar-refractivity contribution in [2.45, 2.75) is 19.8 Å². The standard InChI is InChI=1S/C30H23FN4O2S/c1-17-7-11-19(12-8-17)15-24-29(37)35-27(33)21(16-32)25(20-13-9-18(2)10-14-20)26(30(35)38-24)28(36)34-23-6-4-3-5-22(23)31/h3-15,25H,33H2,1-2H3,(H,34,36)/b24-15-. The summed E-state index contributed by atoms with van der Waals surface area (Å²) in [7, 11) is 0. The lowest BCUT2D eigenvalue weighted by molar-refractivity contribution is -0.111. The van der Waals surface area contributed by atoms with Gasteiger partial charge in [0.1, 0.15) is 16.3 Å². The van der Waals surface area contributed by atoms with Crippen molar-refractivity contribution in [3.05, 3.63) is 126 Å². The Kier molecular flexibility index (Phi) is 6.53. The number of para-hydroxylation sites is 1. The molecular formula is C30H23FN4O2S.